The molecule has 0 N–H and O–H groups in total. The van der Waals surface area contributed by atoms with Gasteiger partial charge in [-0.3, -0.25) is 24.5 Å². The first-order chi connectivity index (χ1) is 16.9. The summed E-state index contributed by atoms with van der Waals surface area (Å²) in [5, 5.41) is 11.5. The van der Waals surface area contributed by atoms with E-state index in [9.17, 15) is 24.5 Å². The number of amides is 2. The van der Waals surface area contributed by atoms with E-state index in [1.165, 1.54) is 30.5 Å². The van der Waals surface area contributed by atoms with Crippen LogP contribution in [0.3, 0.4) is 0 Å². The lowest BCUT2D eigenvalue weighted by Gasteiger charge is -2.35. The van der Waals surface area contributed by atoms with E-state index in [1.54, 1.807) is 24.1 Å². The molecule has 4 atom stereocenters. The summed E-state index contributed by atoms with van der Waals surface area (Å²) in [6.07, 6.45) is 5.02. The number of carbonyl (C=O) groups is 3. The number of imide groups is 1. The third kappa shape index (κ3) is 2.91. The van der Waals surface area contributed by atoms with Crippen LogP contribution >= 0.6 is 0 Å². The Morgan fingerprint density at radius 3 is 2.54 bits per heavy atom. The van der Waals surface area contributed by atoms with Gasteiger partial charge in [-0.25, -0.2) is 4.90 Å². The van der Waals surface area contributed by atoms with Crippen LogP contribution in [0, 0.1) is 28.9 Å². The van der Waals surface area contributed by atoms with E-state index in [0.29, 0.717) is 5.56 Å². The van der Waals surface area contributed by atoms with E-state index in [4.69, 9.17) is 4.42 Å². The highest BCUT2D eigenvalue weighted by Gasteiger charge is 2.64. The Bertz CT molecular complexity index is 1440. The van der Waals surface area contributed by atoms with Gasteiger partial charge in [0.15, 0.2) is 5.76 Å². The Kier molecular flexibility index (Phi) is 4.50. The van der Waals surface area contributed by atoms with Crippen LogP contribution < -0.4 is 4.90 Å². The average molecular weight is 469 g/mol. The highest BCUT2D eigenvalue weighted by Crippen LogP contribution is 2.53. The van der Waals surface area contributed by atoms with Crippen LogP contribution in [0.5, 0.6) is 0 Å². The van der Waals surface area contributed by atoms with Crippen LogP contribution in [0.25, 0.3) is 6.08 Å². The Morgan fingerprint density at radius 1 is 1.03 bits per heavy atom. The summed E-state index contributed by atoms with van der Waals surface area (Å²) in [7, 11) is 0. The van der Waals surface area contributed by atoms with Crippen LogP contribution in [0.2, 0.25) is 0 Å². The number of furan rings is 1. The Morgan fingerprint density at radius 2 is 1.80 bits per heavy atom. The minimum absolute atomic E-state index is 0.103. The number of carbonyl (C=O) groups excluding carboxylic acids is 3. The molecule has 4 heterocycles. The molecule has 0 unspecified atom stereocenters. The number of aryl methyl sites for hydroxylation is 1. The van der Waals surface area contributed by atoms with Crippen molar-refractivity contribution in [2.24, 2.45) is 11.8 Å². The van der Waals surface area contributed by atoms with Crippen molar-refractivity contribution in [1.29, 1.82) is 0 Å². The van der Waals surface area contributed by atoms with Gasteiger partial charge in [-0.2, -0.15) is 0 Å². The minimum atomic E-state index is -0.971. The monoisotopic (exact) mass is 469 g/mol. The van der Waals surface area contributed by atoms with Gasteiger partial charge in [0.1, 0.15) is 6.04 Å². The highest BCUT2D eigenvalue weighted by atomic mass is 16.6. The van der Waals surface area contributed by atoms with Crippen LogP contribution in [0.15, 0.2) is 71.5 Å². The number of nitro benzene ring substituents is 1. The Labute approximate surface area is 199 Å². The summed E-state index contributed by atoms with van der Waals surface area (Å²) in [5.41, 5.74) is 2.11. The smallest absolute Gasteiger partial charge is 0.274 e. The van der Waals surface area contributed by atoms with Crippen molar-refractivity contribution in [3.8, 4) is 0 Å². The number of Topliss-reactive ketones (excluding diaryl/α,β-unsaturated/α-hetero) is 1. The summed E-state index contributed by atoms with van der Waals surface area (Å²) in [6.45, 7) is 1.59. The number of hydrogen-bond acceptors (Lipinski definition) is 7. The van der Waals surface area contributed by atoms with E-state index in [1.807, 2.05) is 30.3 Å². The van der Waals surface area contributed by atoms with Gasteiger partial charge in [-0.15, -0.1) is 0 Å². The zero-order valence-corrected chi connectivity index (χ0v) is 18.5. The van der Waals surface area contributed by atoms with Gasteiger partial charge in [0.05, 0.1) is 34.8 Å². The zero-order valence-electron chi connectivity index (χ0n) is 18.5. The van der Waals surface area contributed by atoms with Gasteiger partial charge in [0.25, 0.3) is 5.69 Å². The minimum Gasteiger partial charge on any atom is -0.461 e. The van der Waals surface area contributed by atoms with Crippen molar-refractivity contribution in [3.63, 3.8) is 0 Å². The molecule has 9 nitrogen and oxygen atoms in total. The number of anilines is 1. The molecule has 0 saturated carbocycles. The van der Waals surface area contributed by atoms with Crippen molar-refractivity contribution >= 4 is 35.0 Å². The molecular weight excluding hydrogens is 450 g/mol. The Hall–Kier alpha value is -4.53. The Balaban J connectivity index is 1.50. The topological polar surface area (TPSA) is 114 Å². The van der Waals surface area contributed by atoms with Gasteiger partial charge in [0, 0.05) is 17.8 Å². The number of fused-ring (bicyclic) bond motifs is 5. The largest absolute Gasteiger partial charge is 0.461 e. The van der Waals surface area contributed by atoms with Crippen molar-refractivity contribution in [1.82, 2.24) is 4.90 Å². The maximum atomic E-state index is 13.8. The maximum Gasteiger partial charge on any atom is 0.274 e. The standard InChI is InChI=1S/C26H19N3O6/c1-14-8-9-16(13-18(14)29(33)34)28-25(31)20-21(26(28)32)23(24(30)19-7-4-12-35-19)27-11-10-15-5-2-3-6-17(15)22(20)27/h2-13,20-23H,1H3/t20-,21+,22-,23-/m0/s1. The molecule has 6 rings (SSSR count). The second kappa shape index (κ2) is 7.49. The second-order valence-corrected chi connectivity index (χ2v) is 8.91. The summed E-state index contributed by atoms with van der Waals surface area (Å²) in [6, 6.07) is 13.5. The van der Waals surface area contributed by atoms with Crippen LogP contribution in [0.4, 0.5) is 11.4 Å². The fraction of sp³-hybridized carbons (Fsp3) is 0.192. The molecule has 2 aromatic carbocycles. The van der Waals surface area contributed by atoms with Crippen LogP contribution in [-0.2, 0) is 9.59 Å². The first-order valence-electron chi connectivity index (χ1n) is 11.1. The number of hydrogen-bond donors (Lipinski definition) is 0. The van der Waals surface area contributed by atoms with Gasteiger partial charge in [-0.1, -0.05) is 30.3 Å². The third-order valence-electron chi connectivity index (χ3n) is 7.14. The summed E-state index contributed by atoms with van der Waals surface area (Å²) in [5.74, 6) is -3.13. The van der Waals surface area contributed by atoms with Crippen molar-refractivity contribution < 1.29 is 23.7 Å². The highest BCUT2D eigenvalue weighted by molar-refractivity contribution is 6.24. The third-order valence-corrected chi connectivity index (χ3v) is 7.14. The molecule has 2 saturated heterocycles. The molecule has 0 spiro atoms. The first kappa shape index (κ1) is 21.0. The molecule has 3 aromatic rings. The molecule has 174 valence electrons. The van der Waals surface area contributed by atoms with Crippen molar-refractivity contribution in [3.05, 3.63) is 99.6 Å². The number of nitrogens with zero attached hydrogens (tertiary/aromatic N) is 3. The molecule has 0 bridgehead atoms. The molecular formula is C26H19N3O6. The number of ketones is 1. The van der Waals surface area contributed by atoms with Crippen LogP contribution in [0.1, 0.15) is 33.3 Å². The van der Waals surface area contributed by atoms with Crippen molar-refractivity contribution in [2.75, 3.05) is 4.90 Å². The quantitative estimate of drug-likeness (QED) is 0.246. The lowest BCUT2D eigenvalue weighted by molar-refractivity contribution is -0.385. The van der Waals surface area contributed by atoms with Gasteiger partial charge in [-0.05, 0) is 42.3 Å². The van der Waals surface area contributed by atoms with E-state index in [2.05, 4.69) is 0 Å². The normalized spacial score (nSPS) is 24.4. The summed E-state index contributed by atoms with van der Waals surface area (Å²) < 4.78 is 5.35. The van der Waals surface area contributed by atoms with Gasteiger partial charge in [0.2, 0.25) is 17.6 Å². The lowest BCUT2D eigenvalue weighted by atomic mass is 9.84. The molecule has 1 aromatic heterocycles. The van der Waals surface area contributed by atoms with Crippen molar-refractivity contribution in [2.45, 2.75) is 19.0 Å². The fourth-order valence-electron chi connectivity index (χ4n) is 5.61. The fourth-order valence-corrected chi connectivity index (χ4v) is 5.61. The number of nitro groups is 1. The maximum absolute atomic E-state index is 13.8. The molecule has 9 heteroatoms. The molecule has 35 heavy (non-hydrogen) atoms. The SMILES string of the molecule is Cc1ccc(N2C(=O)[C@@H]3[C@H](C2=O)[C@@H]2c4ccccc4C=CN2[C@@H]3C(=O)c2ccco2)cc1[N+](=O)[O-]. The molecule has 0 aliphatic carbocycles. The van der Waals surface area contributed by atoms with E-state index < -0.39 is 46.4 Å². The predicted molar refractivity (Wildman–Crippen MR) is 124 cm³/mol. The van der Waals surface area contributed by atoms with Gasteiger partial charge >= 0.3 is 0 Å². The lowest BCUT2D eigenvalue weighted by Crippen LogP contribution is -2.44. The molecule has 2 amide bonds. The molecule has 3 aliphatic rings. The van der Waals surface area contributed by atoms with E-state index in [0.717, 1.165) is 16.0 Å². The first-order valence-corrected chi connectivity index (χ1v) is 11.1. The van der Waals surface area contributed by atoms with E-state index in [-0.39, 0.29) is 17.1 Å². The number of benzene rings is 2. The van der Waals surface area contributed by atoms with E-state index >= 15 is 0 Å². The van der Waals surface area contributed by atoms with Gasteiger partial charge < -0.3 is 9.32 Å². The summed E-state index contributed by atoms with van der Waals surface area (Å²) >= 11 is 0. The average Bonchev–Trinajstić information content (AvgIpc) is 3.56. The predicted octanol–water partition coefficient (Wildman–Crippen LogP) is 3.89. The number of rotatable bonds is 4. The van der Waals surface area contributed by atoms with Crippen LogP contribution in [-0.4, -0.2) is 33.5 Å². The molecule has 0 radical (unpaired) electrons. The summed E-state index contributed by atoms with van der Waals surface area (Å²) in [4.78, 5) is 54.9. The zero-order chi connectivity index (χ0) is 24.4. The molecule has 2 fully saturated rings. The molecule has 3 aliphatic heterocycles. The second-order valence-electron chi connectivity index (χ2n) is 8.91.